The third kappa shape index (κ3) is 4.34. The van der Waals surface area contributed by atoms with Gasteiger partial charge in [0.25, 0.3) is 11.6 Å². The summed E-state index contributed by atoms with van der Waals surface area (Å²) < 4.78 is 0. The fraction of sp³-hybridized carbons (Fsp3) is 0.650. The van der Waals surface area contributed by atoms with Crippen LogP contribution in [0.1, 0.15) is 56.3 Å². The molecule has 7 nitrogen and oxygen atoms in total. The molecule has 1 unspecified atom stereocenters. The lowest BCUT2D eigenvalue weighted by Crippen LogP contribution is -2.38. The van der Waals surface area contributed by atoms with Gasteiger partial charge in [-0.1, -0.05) is 13.8 Å². The van der Waals surface area contributed by atoms with Crippen molar-refractivity contribution in [2.45, 2.75) is 52.0 Å². The average Bonchev–Trinajstić information content (AvgIpc) is 3.08. The molecule has 1 atom stereocenters. The number of nitro benzene ring substituents is 1. The summed E-state index contributed by atoms with van der Waals surface area (Å²) in [4.78, 5) is 26.3. The summed E-state index contributed by atoms with van der Waals surface area (Å²) in [6.45, 7) is 6.16. The molecule has 1 aromatic rings. The second kappa shape index (κ2) is 8.15. The highest BCUT2D eigenvalue weighted by Gasteiger charge is 2.29. The van der Waals surface area contributed by atoms with Gasteiger partial charge in [-0.15, -0.1) is 0 Å². The lowest BCUT2D eigenvalue weighted by atomic mass is 9.87. The lowest BCUT2D eigenvalue weighted by molar-refractivity contribution is -0.383. The van der Waals surface area contributed by atoms with Crippen LogP contribution in [0.25, 0.3) is 0 Å². The molecule has 1 saturated heterocycles. The maximum atomic E-state index is 13.0. The molecule has 3 rings (SSSR count). The first-order valence-corrected chi connectivity index (χ1v) is 9.95. The van der Waals surface area contributed by atoms with Gasteiger partial charge in [0.1, 0.15) is 5.69 Å². The Labute approximate surface area is 160 Å². The number of anilines is 2. The van der Waals surface area contributed by atoms with Crippen molar-refractivity contribution in [3.05, 3.63) is 27.8 Å². The highest BCUT2D eigenvalue weighted by atomic mass is 16.6. The summed E-state index contributed by atoms with van der Waals surface area (Å²) >= 11 is 0. The summed E-state index contributed by atoms with van der Waals surface area (Å²) in [6.07, 6.45) is 5.23. The second-order valence-corrected chi connectivity index (χ2v) is 8.16. The summed E-state index contributed by atoms with van der Waals surface area (Å²) in [6, 6.07) is 3.35. The van der Waals surface area contributed by atoms with Crippen LogP contribution in [-0.2, 0) is 0 Å². The highest BCUT2D eigenvalue weighted by molar-refractivity contribution is 6.02. The number of benzene rings is 1. The van der Waals surface area contributed by atoms with Crippen molar-refractivity contribution in [2.75, 3.05) is 30.4 Å². The van der Waals surface area contributed by atoms with Crippen molar-refractivity contribution >= 4 is 23.0 Å². The molecule has 1 heterocycles. The Morgan fingerprint density at radius 1 is 1.15 bits per heavy atom. The van der Waals surface area contributed by atoms with Gasteiger partial charge in [-0.2, -0.15) is 0 Å². The molecule has 1 saturated carbocycles. The molecule has 1 amide bonds. The van der Waals surface area contributed by atoms with Crippen LogP contribution in [0.3, 0.4) is 0 Å². The van der Waals surface area contributed by atoms with Gasteiger partial charge < -0.3 is 15.5 Å². The van der Waals surface area contributed by atoms with Gasteiger partial charge in [0.15, 0.2) is 0 Å². The minimum atomic E-state index is -0.429. The Bertz CT molecular complexity index is 713. The van der Waals surface area contributed by atoms with Gasteiger partial charge in [-0.25, -0.2) is 0 Å². The monoisotopic (exact) mass is 374 g/mol. The number of nitrogens with one attached hydrogen (secondary N) is 2. The Balaban J connectivity index is 1.91. The molecular formula is C20H30N4O3. The number of carbonyl (C=O) groups excluding carboxylic acids is 1. The van der Waals surface area contributed by atoms with Crippen LogP contribution >= 0.6 is 0 Å². The van der Waals surface area contributed by atoms with Crippen molar-refractivity contribution in [3.8, 4) is 0 Å². The van der Waals surface area contributed by atoms with Gasteiger partial charge in [0.2, 0.25) is 0 Å². The number of amides is 1. The van der Waals surface area contributed by atoms with Crippen LogP contribution in [-0.4, -0.2) is 37.0 Å². The molecule has 148 valence electrons. The zero-order valence-corrected chi connectivity index (χ0v) is 16.5. The Morgan fingerprint density at radius 3 is 2.41 bits per heavy atom. The average molecular weight is 374 g/mol. The molecule has 0 bridgehead atoms. The van der Waals surface area contributed by atoms with E-state index in [2.05, 4.69) is 29.4 Å². The first-order chi connectivity index (χ1) is 12.9. The van der Waals surface area contributed by atoms with Crippen molar-refractivity contribution < 1.29 is 9.72 Å². The van der Waals surface area contributed by atoms with Crippen molar-refractivity contribution in [1.29, 1.82) is 0 Å². The first-order valence-electron chi connectivity index (χ1n) is 9.95. The van der Waals surface area contributed by atoms with Gasteiger partial charge >= 0.3 is 0 Å². The number of nitrogens with zero attached hydrogens (tertiary/aromatic N) is 2. The smallest absolute Gasteiger partial charge is 0.293 e. The number of rotatable bonds is 5. The van der Waals surface area contributed by atoms with Crippen LogP contribution in [0.15, 0.2) is 12.1 Å². The predicted octanol–water partition coefficient (Wildman–Crippen LogP) is 3.79. The van der Waals surface area contributed by atoms with E-state index in [0.717, 1.165) is 50.9 Å². The van der Waals surface area contributed by atoms with Crippen LogP contribution in [0.4, 0.5) is 17.1 Å². The molecule has 1 aromatic carbocycles. The fourth-order valence-electron chi connectivity index (χ4n) is 4.19. The molecule has 1 aliphatic carbocycles. The Kier molecular flexibility index (Phi) is 5.87. The van der Waals surface area contributed by atoms with Gasteiger partial charge in [-0.3, -0.25) is 14.9 Å². The van der Waals surface area contributed by atoms with E-state index >= 15 is 0 Å². The number of hydrogen-bond acceptors (Lipinski definition) is 5. The van der Waals surface area contributed by atoms with E-state index in [1.165, 1.54) is 6.07 Å². The number of carbonyl (C=O) groups is 1. The molecule has 2 aliphatic rings. The number of hydrogen-bond donors (Lipinski definition) is 2. The van der Waals surface area contributed by atoms with E-state index in [4.69, 9.17) is 0 Å². The van der Waals surface area contributed by atoms with E-state index in [-0.39, 0.29) is 17.6 Å². The molecule has 0 radical (unpaired) electrons. The number of nitro groups is 1. The summed E-state index contributed by atoms with van der Waals surface area (Å²) in [7, 11) is 1.67. The van der Waals surface area contributed by atoms with Gasteiger partial charge in [0, 0.05) is 32.2 Å². The Morgan fingerprint density at radius 2 is 1.85 bits per heavy atom. The highest BCUT2D eigenvalue weighted by Crippen LogP contribution is 2.36. The van der Waals surface area contributed by atoms with Crippen molar-refractivity contribution in [1.82, 2.24) is 5.32 Å². The lowest BCUT2D eigenvalue weighted by Gasteiger charge is -2.28. The molecule has 2 N–H and O–H groups in total. The van der Waals surface area contributed by atoms with Crippen molar-refractivity contribution in [3.63, 3.8) is 0 Å². The molecule has 7 heteroatoms. The second-order valence-electron chi connectivity index (χ2n) is 8.16. The third-order valence-electron chi connectivity index (χ3n) is 5.94. The summed E-state index contributed by atoms with van der Waals surface area (Å²) in [5.74, 6) is 1.06. The fourth-order valence-corrected chi connectivity index (χ4v) is 4.19. The standard InChI is InChI=1S/C20H30N4O3/c1-13-4-6-15(7-5-13)22-20(25)16-10-19(24(26)27)17(21-3)11-18(16)23-9-8-14(2)12-23/h10-11,13-15,21H,4-9,12H2,1-3H3,(H,22,25)/t13-,14?,15-. The van der Waals surface area contributed by atoms with Crippen LogP contribution in [0.5, 0.6) is 0 Å². The molecule has 0 aromatic heterocycles. The van der Waals surface area contributed by atoms with E-state index in [9.17, 15) is 14.9 Å². The minimum Gasteiger partial charge on any atom is -0.383 e. The largest absolute Gasteiger partial charge is 0.383 e. The molecule has 2 fully saturated rings. The van der Waals surface area contributed by atoms with E-state index < -0.39 is 4.92 Å². The topological polar surface area (TPSA) is 87.5 Å². The molecule has 0 spiro atoms. The SMILES string of the molecule is CNc1cc(N2CCC(C)C2)c(C(=O)N[C@H]2CC[C@H](C)CC2)cc1[N+](=O)[O-]. The van der Waals surface area contributed by atoms with Crippen LogP contribution in [0.2, 0.25) is 0 Å². The summed E-state index contributed by atoms with van der Waals surface area (Å²) in [5, 5.41) is 17.5. The maximum absolute atomic E-state index is 13.0. The zero-order chi connectivity index (χ0) is 19.6. The first kappa shape index (κ1) is 19.5. The van der Waals surface area contributed by atoms with Crippen molar-refractivity contribution in [2.24, 2.45) is 11.8 Å². The predicted molar refractivity (Wildman–Crippen MR) is 108 cm³/mol. The maximum Gasteiger partial charge on any atom is 0.293 e. The van der Waals surface area contributed by atoms with E-state index in [1.807, 2.05) is 0 Å². The molecule has 27 heavy (non-hydrogen) atoms. The summed E-state index contributed by atoms with van der Waals surface area (Å²) in [5.41, 5.74) is 1.58. The minimum absolute atomic E-state index is 0.0593. The van der Waals surface area contributed by atoms with Gasteiger partial charge in [-0.05, 0) is 50.0 Å². The molecular weight excluding hydrogens is 344 g/mol. The van der Waals surface area contributed by atoms with E-state index in [1.54, 1.807) is 13.1 Å². The van der Waals surface area contributed by atoms with Crippen LogP contribution in [0, 0.1) is 22.0 Å². The quantitative estimate of drug-likeness (QED) is 0.605. The van der Waals surface area contributed by atoms with E-state index in [0.29, 0.717) is 23.1 Å². The Hall–Kier alpha value is -2.31. The van der Waals surface area contributed by atoms with Crippen LogP contribution < -0.4 is 15.5 Å². The third-order valence-corrected chi connectivity index (χ3v) is 5.94. The van der Waals surface area contributed by atoms with Gasteiger partial charge in [0.05, 0.1) is 16.2 Å². The normalized spacial score (nSPS) is 25.3. The molecule has 1 aliphatic heterocycles. The zero-order valence-electron chi connectivity index (χ0n) is 16.5.